The number of fused-ring (bicyclic) bond motifs is 1. The average Bonchev–Trinajstić information content (AvgIpc) is 2.54. The normalized spacial score (nSPS) is 24.4. The molecule has 1 aliphatic carbocycles. The molecule has 1 saturated carbocycles. The third kappa shape index (κ3) is 3.13. The molecule has 0 saturated heterocycles. The van der Waals surface area contributed by atoms with Gasteiger partial charge in [0.2, 0.25) is 0 Å². The number of aliphatic hydroxyl groups is 1. The minimum Gasteiger partial charge on any atom is -0.486 e. The summed E-state index contributed by atoms with van der Waals surface area (Å²) in [5.41, 5.74) is 0.526. The quantitative estimate of drug-likeness (QED) is 0.890. The third-order valence-electron chi connectivity index (χ3n) is 4.19. The van der Waals surface area contributed by atoms with Crippen molar-refractivity contribution in [3.63, 3.8) is 0 Å². The van der Waals surface area contributed by atoms with E-state index in [2.05, 4.69) is 5.32 Å². The van der Waals surface area contributed by atoms with Crippen LogP contribution in [0.1, 0.15) is 36.0 Å². The molecular weight excluding hydrogens is 270 g/mol. The van der Waals surface area contributed by atoms with Crippen molar-refractivity contribution < 1.29 is 19.4 Å². The maximum atomic E-state index is 12.5. The van der Waals surface area contributed by atoms with E-state index < -0.39 is 0 Å². The van der Waals surface area contributed by atoms with Crippen LogP contribution in [0.15, 0.2) is 18.2 Å². The van der Waals surface area contributed by atoms with Gasteiger partial charge in [0.15, 0.2) is 11.5 Å². The van der Waals surface area contributed by atoms with Crippen molar-refractivity contribution in [3.8, 4) is 11.5 Å². The van der Waals surface area contributed by atoms with E-state index in [-0.39, 0.29) is 18.6 Å². The van der Waals surface area contributed by atoms with Gasteiger partial charge in [0.25, 0.3) is 5.91 Å². The van der Waals surface area contributed by atoms with Crippen molar-refractivity contribution in [2.45, 2.75) is 31.7 Å². The monoisotopic (exact) mass is 291 g/mol. The predicted octanol–water partition coefficient (Wildman–Crippen LogP) is 1.74. The number of benzene rings is 1. The van der Waals surface area contributed by atoms with E-state index in [1.54, 1.807) is 12.1 Å². The van der Waals surface area contributed by atoms with Crippen LogP contribution >= 0.6 is 0 Å². The summed E-state index contributed by atoms with van der Waals surface area (Å²) < 4.78 is 11.1. The Kier molecular flexibility index (Phi) is 4.29. The lowest BCUT2D eigenvalue weighted by Gasteiger charge is -2.29. The molecule has 2 N–H and O–H groups in total. The number of hydrogen-bond acceptors (Lipinski definition) is 4. The van der Waals surface area contributed by atoms with Crippen LogP contribution in [0.25, 0.3) is 0 Å². The first-order valence-electron chi connectivity index (χ1n) is 7.58. The second kappa shape index (κ2) is 6.35. The molecule has 0 radical (unpaired) electrons. The van der Waals surface area contributed by atoms with Crippen LogP contribution in [-0.4, -0.2) is 36.9 Å². The van der Waals surface area contributed by atoms with Crippen LogP contribution in [0.2, 0.25) is 0 Å². The summed E-state index contributed by atoms with van der Waals surface area (Å²) in [6, 6.07) is 5.51. The summed E-state index contributed by atoms with van der Waals surface area (Å²) in [7, 11) is 0. The Hall–Kier alpha value is -1.75. The molecule has 1 heterocycles. The number of amides is 1. The van der Waals surface area contributed by atoms with E-state index in [9.17, 15) is 9.90 Å². The molecule has 1 aromatic rings. The van der Waals surface area contributed by atoms with Gasteiger partial charge in [-0.05, 0) is 37.3 Å². The first-order valence-corrected chi connectivity index (χ1v) is 7.58. The fourth-order valence-corrected chi connectivity index (χ4v) is 3.10. The number of hydrogen-bond donors (Lipinski definition) is 2. The van der Waals surface area contributed by atoms with Crippen molar-refractivity contribution >= 4 is 5.91 Å². The molecule has 2 atom stereocenters. The highest BCUT2D eigenvalue weighted by molar-refractivity contribution is 5.98. The number of carbonyl (C=O) groups excluding carboxylic acids is 1. The number of nitrogens with one attached hydrogen (secondary N) is 1. The van der Waals surface area contributed by atoms with E-state index in [1.807, 2.05) is 6.07 Å². The number of carbonyl (C=O) groups is 1. The lowest BCUT2D eigenvalue weighted by molar-refractivity contribution is 0.0895. The molecule has 1 aromatic carbocycles. The van der Waals surface area contributed by atoms with Crippen LogP contribution < -0.4 is 14.8 Å². The van der Waals surface area contributed by atoms with Crippen LogP contribution in [0.3, 0.4) is 0 Å². The zero-order valence-corrected chi connectivity index (χ0v) is 12.0. The van der Waals surface area contributed by atoms with Gasteiger partial charge in [0.05, 0.1) is 5.56 Å². The molecule has 0 spiro atoms. The predicted molar refractivity (Wildman–Crippen MR) is 77.7 cm³/mol. The molecule has 21 heavy (non-hydrogen) atoms. The first kappa shape index (κ1) is 14.2. The van der Waals surface area contributed by atoms with Gasteiger partial charge in [0.1, 0.15) is 13.2 Å². The van der Waals surface area contributed by atoms with Gasteiger partial charge in [-0.25, -0.2) is 0 Å². The minimum atomic E-state index is -0.124. The Morgan fingerprint density at radius 1 is 1.29 bits per heavy atom. The van der Waals surface area contributed by atoms with Crippen molar-refractivity contribution in [1.82, 2.24) is 5.32 Å². The molecule has 0 unspecified atom stereocenters. The molecule has 114 valence electrons. The van der Waals surface area contributed by atoms with Crippen LogP contribution in [0.5, 0.6) is 11.5 Å². The van der Waals surface area contributed by atoms with E-state index in [4.69, 9.17) is 9.47 Å². The highest BCUT2D eigenvalue weighted by atomic mass is 16.6. The van der Waals surface area contributed by atoms with Crippen molar-refractivity contribution in [1.29, 1.82) is 0 Å². The summed E-state index contributed by atoms with van der Waals surface area (Å²) in [6.07, 6.45) is 3.90. The van der Waals surface area contributed by atoms with Crippen LogP contribution in [-0.2, 0) is 0 Å². The number of rotatable bonds is 3. The molecule has 2 aliphatic rings. The van der Waals surface area contributed by atoms with Gasteiger partial charge in [-0.3, -0.25) is 4.79 Å². The highest BCUT2D eigenvalue weighted by Gasteiger charge is 2.25. The van der Waals surface area contributed by atoms with Crippen LogP contribution in [0.4, 0.5) is 0 Å². The lowest BCUT2D eigenvalue weighted by Crippen LogP contribution is -2.39. The highest BCUT2D eigenvalue weighted by Crippen LogP contribution is 2.34. The first-order chi connectivity index (χ1) is 10.3. The van der Waals surface area contributed by atoms with Crippen LogP contribution in [0, 0.1) is 5.92 Å². The fourth-order valence-electron chi connectivity index (χ4n) is 3.10. The summed E-state index contributed by atoms with van der Waals surface area (Å²) >= 11 is 0. The van der Waals surface area contributed by atoms with E-state index in [1.165, 1.54) is 0 Å². The van der Waals surface area contributed by atoms with Gasteiger partial charge >= 0.3 is 0 Å². The maximum absolute atomic E-state index is 12.5. The van der Waals surface area contributed by atoms with Crippen molar-refractivity contribution in [3.05, 3.63) is 23.8 Å². The molecule has 0 bridgehead atoms. The number of para-hydroxylation sites is 1. The largest absolute Gasteiger partial charge is 0.486 e. The summed E-state index contributed by atoms with van der Waals surface area (Å²) in [4.78, 5) is 12.5. The Balaban J connectivity index is 1.71. The SMILES string of the molecule is O=C(N[C@@H]1CCC[C@@H](CO)C1)c1cccc2c1OCCO2. The Morgan fingerprint density at radius 2 is 2.14 bits per heavy atom. The molecule has 5 nitrogen and oxygen atoms in total. The standard InChI is InChI=1S/C16H21NO4/c18-10-11-3-1-4-12(9-11)17-16(19)13-5-2-6-14-15(13)21-8-7-20-14/h2,5-6,11-12,18H,1,3-4,7-10H2,(H,17,19)/t11-,12-/m1/s1. The molecule has 0 aromatic heterocycles. The zero-order chi connectivity index (χ0) is 14.7. The third-order valence-corrected chi connectivity index (χ3v) is 4.19. The Bertz CT molecular complexity index is 517. The Labute approximate surface area is 124 Å². The van der Waals surface area contributed by atoms with Crippen molar-refractivity contribution in [2.24, 2.45) is 5.92 Å². The second-order valence-corrected chi connectivity index (χ2v) is 5.72. The van der Waals surface area contributed by atoms with Crippen molar-refractivity contribution in [2.75, 3.05) is 19.8 Å². The van der Waals surface area contributed by atoms with E-state index >= 15 is 0 Å². The van der Waals surface area contributed by atoms with E-state index in [0.29, 0.717) is 36.2 Å². The van der Waals surface area contributed by atoms with Gasteiger partial charge in [-0.1, -0.05) is 12.5 Å². The summed E-state index contributed by atoms with van der Waals surface area (Å²) in [5.74, 6) is 1.34. The van der Waals surface area contributed by atoms with Gasteiger partial charge < -0.3 is 19.9 Å². The number of ether oxygens (including phenoxy) is 2. The van der Waals surface area contributed by atoms with E-state index in [0.717, 1.165) is 25.7 Å². The molecular formula is C16H21NO4. The fraction of sp³-hybridized carbons (Fsp3) is 0.562. The molecule has 5 heteroatoms. The average molecular weight is 291 g/mol. The van der Waals surface area contributed by atoms with Gasteiger partial charge in [0, 0.05) is 12.6 Å². The number of aliphatic hydroxyl groups excluding tert-OH is 1. The Morgan fingerprint density at radius 3 is 3.00 bits per heavy atom. The molecule has 3 rings (SSSR count). The summed E-state index contributed by atoms with van der Waals surface area (Å²) in [5, 5.41) is 12.3. The molecule has 1 fully saturated rings. The zero-order valence-electron chi connectivity index (χ0n) is 12.0. The molecule has 1 amide bonds. The minimum absolute atomic E-state index is 0.124. The summed E-state index contributed by atoms with van der Waals surface area (Å²) in [6.45, 7) is 1.18. The lowest BCUT2D eigenvalue weighted by atomic mass is 9.86. The molecule has 1 aliphatic heterocycles. The maximum Gasteiger partial charge on any atom is 0.255 e. The van der Waals surface area contributed by atoms with Gasteiger partial charge in [-0.2, -0.15) is 0 Å². The topological polar surface area (TPSA) is 67.8 Å². The second-order valence-electron chi connectivity index (χ2n) is 5.72. The smallest absolute Gasteiger partial charge is 0.255 e. The van der Waals surface area contributed by atoms with Gasteiger partial charge in [-0.15, -0.1) is 0 Å².